The molecule has 2 N–H and O–H groups in total. The predicted molar refractivity (Wildman–Crippen MR) is 60.2 cm³/mol. The van der Waals surface area contributed by atoms with Crippen molar-refractivity contribution in [1.29, 1.82) is 0 Å². The van der Waals surface area contributed by atoms with E-state index in [0.29, 0.717) is 9.13 Å². The van der Waals surface area contributed by atoms with Gasteiger partial charge in [0.15, 0.2) is 5.78 Å². The molecule has 0 heterocycles. The second kappa shape index (κ2) is 3.91. The van der Waals surface area contributed by atoms with Crippen molar-refractivity contribution in [3.05, 3.63) is 31.4 Å². The Morgan fingerprint density at radius 3 is 2.57 bits per heavy atom. The van der Waals surface area contributed by atoms with Crippen molar-refractivity contribution < 1.29 is 9.72 Å². The number of nitrogens with zero attached hydrogens (tertiary/aromatic N) is 1. The maximum Gasteiger partial charge on any atom is 0.306 e. The lowest BCUT2D eigenvalue weighted by atomic mass is 10.1. The second-order valence-electron chi connectivity index (χ2n) is 2.68. The molecule has 1 rings (SSSR count). The molecule has 14 heavy (non-hydrogen) atoms. The quantitative estimate of drug-likeness (QED) is 0.298. The number of halogens is 1. The fourth-order valence-corrected chi connectivity index (χ4v) is 2.10. The van der Waals surface area contributed by atoms with Gasteiger partial charge in [-0.25, -0.2) is 0 Å². The van der Waals surface area contributed by atoms with E-state index >= 15 is 0 Å². The molecule has 0 amide bonds. The van der Waals surface area contributed by atoms with Gasteiger partial charge in [-0.3, -0.25) is 14.9 Å². The monoisotopic (exact) mass is 306 g/mol. The summed E-state index contributed by atoms with van der Waals surface area (Å²) in [6.07, 6.45) is 0. The van der Waals surface area contributed by atoms with Crippen LogP contribution in [0, 0.1) is 13.7 Å². The standard InChI is InChI=1S/C8H7IN2O3/c1-4(12)5-2-3-6(10)8(7(5)9)11(13)14/h2-3H,10H2,1H3. The minimum absolute atomic E-state index is 0.0735. The highest BCUT2D eigenvalue weighted by atomic mass is 127. The lowest BCUT2D eigenvalue weighted by Crippen LogP contribution is -2.03. The number of ketones is 1. The number of anilines is 1. The van der Waals surface area contributed by atoms with Crippen molar-refractivity contribution in [1.82, 2.24) is 0 Å². The Balaban J connectivity index is 3.49. The fourth-order valence-electron chi connectivity index (χ4n) is 1.04. The van der Waals surface area contributed by atoms with E-state index in [1.807, 2.05) is 0 Å². The van der Waals surface area contributed by atoms with Crippen LogP contribution in [0.5, 0.6) is 0 Å². The molecule has 0 bridgehead atoms. The zero-order chi connectivity index (χ0) is 10.9. The number of nitrogens with two attached hydrogens (primary N) is 1. The summed E-state index contributed by atoms with van der Waals surface area (Å²) in [4.78, 5) is 21.1. The third kappa shape index (κ3) is 1.84. The summed E-state index contributed by atoms with van der Waals surface area (Å²) in [5.74, 6) is -0.211. The number of Topliss-reactive ketones (excluding diaryl/α,β-unsaturated/α-hetero) is 1. The first-order chi connectivity index (χ1) is 6.45. The third-order valence-electron chi connectivity index (χ3n) is 1.71. The van der Waals surface area contributed by atoms with Crippen LogP contribution in [0.15, 0.2) is 12.1 Å². The van der Waals surface area contributed by atoms with Crippen LogP contribution in [0.1, 0.15) is 17.3 Å². The highest BCUT2D eigenvalue weighted by Crippen LogP contribution is 2.30. The third-order valence-corrected chi connectivity index (χ3v) is 2.80. The van der Waals surface area contributed by atoms with Crippen molar-refractivity contribution in [3.63, 3.8) is 0 Å². The van der Waals surface area contributed by atoms with E-state index in [4.69, 9.17) is 5.73 Å². The molecule has 0 saturated heterocycles. The van der Waals surface area contributed by atoms with E-state index in [9.17, 15) is 14.9 Å². The number of hydrogen-bond acceptors (Lipinski definition) is 4. The molecule has 0 aliphatic heterocycles. The first-order valence-electron chi connectivity index (χ1n) is 3.68. The molecule has 0 fully saturated rings. The zero-order valence-corrected chi connectivity index (χ0v) is 9.44. The summed E-state index contributed by atoms with van der Waals surface area (Å²) >= 11 is 1.75. The van der Waals surface area contributed by atoms with Gasteiger partial charge in [-0.05, 0) is 41.6 Å². The molecule has 5 nitrogen and oxygen atoms in total. The van der Waals surface area contributed by atoms with E-state index in [1.54, 1.807) is 22.6 Å². The lowest BCUT2D eigenvalue weighted by Gasteiger charge is -2.03. The second-order valence-corrected chi connectivity index (χ2v) is 3.76. The van der Waals surface area contributed by atoms with Gasteiger partial charge in [0.25, 0.3) is 0 Å². The molecule has 0 atom stereocenters. The van der Waals surface area contributed by atoms with E-state index in [0.717, 1.165) is 0 Å². The lowest BCUT2D eigenvalue weighted by molar-refractivity contribution is -0.384. The van der Waals surface area contributed by atoms with E-state index < -0.39 is 4.92 Å². The van der Waals surface area contributed by atoms with Gasteiger partial charge in [-0.1, -0.05) is 0 Å². The Kier molecular flexibility index (Phi) is 3.04. The largest absolute Gasteiger partial charge is 0.393 e. The van der Waals surface area contributed by atoms with Crippen LogP contribution in [0.4, 0.5) is 11.4 Å². The fraction of sp³-hybridized carbons (Fsp3) is 0.125. The van der Waals surface area contributed by atoms with Crippen LogP contribution >= 0.6 is 22.6 Å². The van der Waals surface area contributed by atoms with Crippen molar-refractivity contribution in [2.75, 3.05) is 5.73 Å². The van der Waals surface area contributed by atoms with Crippen LogP contribution in [-0.2, 0) is 0 Å². The summed E-state index contributed by atoms with van der Waals surface area (Å²) in [5, 5.41) is 10.6. The van der Waals surface area contributed by atoms with E-state index in [-0.39, 0.29) is 17.2 Å². The number of hydrogen-bond donors (Lipinski definition) is 1. The highest BCUT2D eigenvalue weighted by Gasteiger charge is 2.21. The first-order valence-corrected chi connectivity index (χ1v) is 4.76. The molecule has 1 aromatic rings. The number of carbonyl (C=O) groups excluding carboxylic acids is 1. The van der Waals surface area contributed by atoms with Crippen molar-refractivity contribution in [3.8, 4) is 0 Å². The number of nitro benzene ring substituents is 1. The van der Waals surface area contributed by atoms with E-state index in [1.165, 1.54) is 19.1 Å². The van der Waals surface area contributed by atoms with Gasteiger partial charge in [-0.15, -0.1) is 0 Å². The molecule has 1 aromatic carbocycles. The Labute approximate surface area is 93.6 Å². The molecule has 6 heteroatoms. The Hall–Kier alpha value is -1.18. The number of benzene rings is 1. The summed E-state index contributed by atoms with van der Waals surface area (Å²) in [6.45, 7) is 1.36. The number of nitro groups is 1. The molecule has 0 saturated carbocycles. The van der Waals surface area contributed by atoms with E-state index in [2.05, 4.69) is 0 Å². The average Bonchev–Trinajstić information content (AvgIpc) is 2.02. The van der Waals surface area contributed by atoms with Gasteiger partial charge < -0.3 is 5.73 Å². The van der Waals surface area contributed by atoms with Crippen molar-refractivity contribution in [2.45, 2.75) is 6.92 Å². The zero-order valence-electron chi connectivity index (χ0n) is 7.28. The Morgan fingerprint density at radius 1 is 1.57 bits per heavy atom. The number of carbonyl (C=O) groups is 1. The van der Waals surface area contributed by atoms with Gasteiger partial charge in [-0.2, -0.15) is 0 Å². The normalized spacial score (nSPS) is 9.86. The SMILES string of the molecule is CC(=O)c1ccc(N)c([N+](=O)[O-])c1I. The minimum Gasteiger partial charge on any atom is -0.393 e. The molecular formula is C8H7IN2O3. The van der Waals surface area contributed by atoms with Gasteiger partial charge in [0.2, 0.25) is 0 Å². The maximum absolute atomic E-state index is 11.1. The molecule has 0 unspecified atom stereocenters. The molecule has 0 aliphatic rings. The Bertz CT molecular complexity index is 417. The minimum atomic E-state index is -0.580. The molecule has 0 aliphatic carbocycles. The number of rotatable bonds is 2. The molecule has 74 valence electrons. The predicted octanol–water partition coefficient (Wildman–Crippen LogP) is 1.98. The Morgan fingerprint density at radius 2 is 2.14 bits per heavy atom. The summed E-state index contributed by atoms with van der Waals surface area (Å²) in [7, 11) is 0. The van der Waals surface area contributed by atoms with Crippen LogP contribution in [0.3, 0.4) is 0 Å². The summed E-state index contributed by atoms with van der Waals surface area (Å²) in [5.41, 5.74) is 5.64. The topological polar surface area (TPSA) is 86.2 Å². The van der Waals surface area contributed by atoms with Crippen molar-refractivity contribution in [2.24, 2.45) is 0 Å². The number of nitrogen functional groups attached to an aromatic ring is 1. The summed E-state index contributed by atoms with van der Waals surface area (Å²) < 4.78 is 0.292. The molecule has 0 spiro atoms. The smallest absolute Gasteiger partial charge is 0.306 e. The molecule has 0 radical (unpaired) electrons. The van der Waals surface area contributed by atoms with Gasteiger partial charge in [0.1, 0.15) is 9.26 Å². The molecular weight excluding hydrogens is 299 g/mol. The van der Waals surface area contributed by atoms with Gasteiger partial charge >= 0.3 is 5.69 Å². The summed E-state index contributed by atoms with van der Waals surface area (Å²) in [6, 6.07) is 2.86. The van der Waals surface area contributed by atoms with Crippen LogP contribution in [0.25, 0.3) is 0 Å². The van der Waals surface area contributed by atoms with Gasteiger partial charge in [0.05, 0.1) is 4.92 Å². The van der Waals surface area contributed by atoms with Gasteiger partial charge in [0, 0.05) is 5.56 Å². The van der Waals surface area contributed by atoms with Crippen LogP contribution < -0.4 is 5.73 Å². The van der Waals surface area contributed by atoms with Crippen LogP contribution in [-0.4, -0.2) is 10.7 Å². The highest BCUT2D eigenvalue weighted by molar-refractivity contribution is 14.1. The average molecular weight is 306 g/mol. The maximum atomic E-state index is 11.1. The first kappa shape index (κ1) is 10.9. The van der Waals surface area contributed by atoms with Crippen LogP contribution in [0.2, 0.25) is 0 Å². The van der Waals surface area contributed by atoms with Crippen molar-refractivity contribution >= 4 is 39.7 Å². The molecule has 0 aromatic heterocycles.